The van der Waals surface area contributed by atoms with Gasteiger partial charge in [-0.15, -0.1) is 0 Å². The van der Waals surface area contributed by atoms with E-state index < -0.39 is 10.0 Å². The molecule has 0 radical (unpaired) electrons. The first-order valence-electron chi connectivity index (χ1n) is 6.98. The van der Waals surface area contributed by atoms with Crippen molar-refractivity contribution in [1.82, 2.24) is 14.5 Å². The van der Waals surface area contributed by atoms with Crippen LogP contribution in [0.4, 0.5) is 5.69 Å². The van der Waals surface area contributed by atoms with Crippen molar-refractivity contribution < 1.29 is 8.42 Å². The molecular formula is C15H14ClN5O2S. The molecule has 3 aromatic rings. The van der Waals surface area contributed by atoms with Gasteiger partial charge in [0.1, 0.15) is 17.0 Å². The normalized spacial score (nSPS) is 11.6. The van der Waals surface area contributed by atoms with Crippen LogP contribution < -0.4 is 4.72 Å². The second-order valence-corrected chi connectivity index (χ2v) is 7.37. The van der Waals surface area contributed by atoms with Crippen molar-refractivity contribution in [3.05, 3.63) is 40.4 Å². The van der Waals surface area contributed by atoms with Crippen molar-refractivity contribution in [2.45, 2.75) is 18.9 Å². The molecule has 0 bridgehead atoms. The summed E-state index contributed by atoms with van der Waals surface area (Å²) in [6.07, 6.45) is 1.55. The fourth-order valence-corrected chi connectivity index (χ4v) is 4.15. The number of nitrogens with zero attached hydrogens (tertiary/aromatic N) is 3. The molecule has 24 heavy (non-hydrogen) atoms. The molecule has 0 spiro atoms. The Balaban J connectivity index is 2.13. The molecule has 0 saturated heterocycles. The van der Waals surface area contributed by atoms with E-state index in [0.29, 0.717) is 28.0 Å². The lowest BCUT2D eigenvalue weighted by Crippen LogP contribution is -2.14. The lowest BCUT2D eigenvalue weighted by molar-refractivity contribution is 0.598. The van der Waals surface area contributed by atoms with E-state index in [1.165, 1.54) is 4.57 Å². The molecule has 2 heterocycles. The Bertz CT molecular complexity index is 1110. The third-order valence-corrected chi connectivity index (χ3v) is 5.71. The third-order valence-electron chi connectivity index (χ3n) is 3.88. The second kappa shape index (κ2) is 5.54. The smallest absolute Gasteiger partial charge is 0.282 e. The van der Waals surface area contributed by atoms with Crippen molar-refractivity contribution >= 4 is 38.2 Å². The predicted molar refractivity (Wildman–Crippen MR) is 91.5 cm³/mol. The molecule has 2 aromatic heterocycles. The Morgan fingerprint density at radius 2 is 2.08 bits per heavy atom. The van der Waals surface area contributed by atoms with Gasteiger partial charge in [-0.1, -0.05) is 17.7 Å². The molecule has 3 rings (SSSR count). The number of hydrogen-bond acceptors (Lipinski definition) is 4. The molecule has 0 amide bonds. The average molecular weight is 364 g/mol. The van der Waals surface area contributed by atoms with Gasteiger partial charge < -0.3 is 9.55 Å². The summed E-state index contributed by atoms with van der Waals surface area (Å²) in [6.45, 7) is 3.52. The molecule has 0 aliphatic carbocycles. The highest BCUT2D eigenvalue weighted by Gasteiger charge is 2.25. The van der Waals surface area contributed by atoms with Crippen LogP contribution in [-0.2, 0) is 17.1 Å². The number of nitrogens with one attached hydrogen (secondary N) is 2. The highest BCUT2D eigenvalue weighted by atomic mass is 35.5. The van der Waals surface area contributed by atoms with Gasteiger partial charge in [-0.05, 0) is 25.5 Å². The van der Waals surface area contributed by atoms with Crippen LogP contribution in [0.25, 0.3) is 10.9 Å². The molecule has 1 aromatic carbocycles. The number of aromatic amines is 1. The zero-order chi connectivity index (χ0) is 17.6. The molecule has 0 atom stereocenters. The van der Waals surface area contributed by atoms with Crippen LogP contribution in [-0.4, -0.2) is 23.0 Å². The van der Waals surface area contributed by atoms with Gasteiger partial charge in [0, 0.05) is 18.6 Å². The molecule has 9 heteroatoms. The molecule has 0 fully saturated rings. The van der Waals surface area contributed by atoms with E-state index in [0.717, 1.165) is 5.56 Å². The lowest BCUT2D eigenvalue weighted by Gasteiger charge is -2.09. The Labute approximate surface area is 143 Å². The van der Waals surface area contributed by atoms with Gasteiger partial charge in [0.15, 0.2) is 0 Å². The Morgan fingerprint density at radius 1 is 1.38 bits per heavy atom. The highest BCUT2D eigenvalue weighted by molar-refractivity contribution is 7.92. The number of H-pyrrole nitrogens is 1. The zero-order valence-corrected chi connectivity index (χ0v) is 14.7. The number of aromatic nitrogens is 3. The number of aryl methyl sites for hydroxylation is 2. The van der Waals surface area contributed by atoms with E-state index in [2.05, 4.69) is 20.8 Å². The molecular weight excluding hydrogens is 350 g/mol. The Hall–Kier alpha value is -2.50. The van der Waals surface area contributed by atoms with Crippen LogP contribution in [0.3, 0.4) is 0 Å². The van der Waals surface area contributed by atoms with E-state index in [1.807, 2.05) is 6.92 Å². The predicted octanol–water partition coefficient (Wildman–Crippen LogP) is 2.84. The standard InChI is InChI=1S/C15H14ClN5O2S/c1-8-4-5-11(13-12(8)10(6-17)7-18-13)20-24(22,23)15-14(16)21(3)9(2)19-15/h4-5,7,18,20H,1-3H3. The van der Waals surface area contributed by atoms with Gasteiger partial charge in [0.05, 0.1) is 16.8 Å². The largest absolute Gasteiger partial charge is 0.358 e. The Kier molecular flexibility index (Phi) is 3.78. The summed E-state index contributed by atoms with van der Waals surface area (Å²) in [5.74, 6) is 0.487. The third kappa shape index (κ3) is 2.42. The number of anilines is 1. The van der Waals surface area contributed by atoms with Gasteiger partial charge in [0.25, 0.3) is 10.0 Å². The maximum absolute atomic E-state index is 12.6. The van der Waals surface area contributed by atoms with Crippen molar-refractivity contribution in [2.24, 2.45) is 7.05 Å². The molecule has 0 unspecified atom stereocenters. The average Bonchev–Trinajstić information content (AvgIpc) is 3.08. The maximum atomic E-state index is 12.6. The van der Waals surface area contributed by atoms with Crippen LogP contribution in [0.1, 0.15) is 17.0 Å². The first kappa shape index (κ1) is 16.4. The van der Waals surface area contributed by atoms with Crippen LogP contribution in [0.2, 0.25) is 5.15 Å². The van der Waals surface area contributed by atoms with Gasteiger partial charge in [-0.3, -0.25) is 4.72 Å². The number of hydrogen-bond donors (Lipinski definition) is 2. The molecule has 0 aliphatic rings. The van der Waals surface area contributed by atoms with Gasteiger partial charge >= 0.3 is 0 Å². The van der Waals surface area contributed by atoms with Crippen molar-refractivity contribution in [2.75, 3.05) is 4.72 Å². The van der Waals surface area contributed by atoms with E-state index in [9.17, 15) is 13.7 Å². The lowest BCUT2D eigenvalue weighted by atomic mass is 10.1. The number of nitriles is 1. The van der Waals surface area contributed by atoms with E-state index in [4.69, 9.17) is 11.6 Å². The summed E-state index contributed by atoms with van der Waals surface area (Å²) in [5.41, 5.74) is 2.20. The number of imidazole rings is 1. The SMILES string of the molecule is Cc1ccc(NS(=O)(=O)c2nc(C)n(C)c2Cl)c2[nH]cc(C#N)c12. The molecule has 0 saturated carbocycles. The maximum Gasteiger partial charge on any atom is 0.282 e. The fraction of sp³-hybridized carbons (Fsp3) is 0.200. The number of halogens is 1. The zero-order valence-electron chi connectivity index (χ0n) is 13.2. The molecule has 124 valence electrons. The van der Waals surface area contributed by atoms with E-state index >= 15 is 0 Å². The van der Waals surface area contributed by atoms with Crippen LogP contribution in [0.5, 0.6) is 0 Å². The van der Waals surface area contributed by atoms with Gasteiger partial charge in [-0.25, -0.2) is 4.98 Å². The van der Waals surface area contributed by atoms with Crippen LogP contribution in [0, 0.1) is 25.2 Å². The van der Waals surface area contributed by atoms with E-state index in [1.54, 1.807) is 32.3 Å². The summed E-state index contributed by atoms with van der Waals surface area (Å²) in [5, 5.41) is 9.67. The summed E-state index contributed by atoms with van der Waals surface area (Å²) < 4.78 is 29.3. The highest BCUT2D eigenvalue weighted by Crippen LogP contribution is 2.31. The Morgan fingerprint density at radius 3 is 2.67 bits per heavy atom. The molecule has 0 aliphatic heterocycles. The van der Waals surface area contributed by atoms with Crippen molar-refractivity contribution in [1.29, 1.82) is 5.26 Å². The number of sulfonamides is 1. The minimum Gasteiger partial charge on any atom is -0.358 e. The molecule has 7 nitrogen and oxygen atoms in total. The van der Waals surface area contributed by atoms with Crippen LogP contribution in [0.15, 0.2) is 23.4 Å². The fourth-order valence-electron chi connectivity index (χ4n) is 2.51. The van der Waals surface area contributed by atoms with Crippen molar-refractivity contribution in [3.8, 4) is 6.07 Å². The summed E-state index contributed by atoms with van der Waals surface area (Å²) >= 11 is 6.07. The summed E-state index contributed by atoms with van der Waals surface area (Å²) in [6, 6.07) is 5.47. The number of rotatable bonds is 3. The van der Waals surface area contributed by atoms with Crippen molar-refractivity contribution in [3.63, 3.8) is 0 Å². The first-order chi connectivity index (χ1) is 11.3. The first-order valence-corrected chi connectivity index (χ1v) is 8.84. The monoisotopic (exact) mass is 363 g/mol. The molecule has 2 N–H and O–H groups in total. The topological polar surface area (TPSA) is 104 Å². The summed E-state index contributed by atoms with van der Waals surface area (Å²) in [7, 11) is -2.33. The quantitative estimate of drug-likeness (QED) is 0.746. The second-order valence-electron chi connectivity index (χ2n) is 5.41. The van der Waals surface area contributed by atoms with Gasteiger partial charge in [0.2, 0.25) is 5.03 Å². The van der Waals surface area contributed by atoms with E-state index in [-0.39, 0.29) is 10.2 Å². The minimum atomic E-state index is -3.96. The minimum absolute atomic E-state index is 0.0348. The number of benzene rings is 1. The summed E-state index contributed by atoms with van der Waals surface area (Å²) in [4.78, 5) is 6.96. The number of fused-ring (bicyclic) bond motifs is 1. The van der Waals surface area contributed by atoms with Gasteiger partial charge in [-0.2, -0.15) is 13.7 Å². The van der Waals surface area contributed by atoms with Crippen LogP contribution >= 0.6 is 11.6 Å².